The molecule has 4 aromatic rings. The molecule has 1 aromatic carbocycles. The molecule has 0 aliphatic heterocycles. The third-order valence-corrected chi connectivity index (χ3v) is 4.08. The molecule has 0 saturated carbocycles. The molecule has 0 bridgehead atoms. The first-order valence-electron chi connectivity index (χ1n) is 8.84. The molecule has 0 aliphatic rings. The maximum atomic E-state index is 12.0. The van der Waals surface area contributed by atoms with Crippen LogP contribution in [0, 0.1) is 0 Å². The second-order valence-corrected chi connectivity index (χ2v) is 5.98. The number of rotatable bonds is 7. The minimum Gasteiger partial charge on any atom is -0.484 e. The fraction of sp³-hybridized carbons (Fsp3) is 0.211. The summed E-state index contributed by atoms with van der Waals surface area (Å²) in [7, 11) is 0. The number of hydrogen-bond donors (Lipinski definition) is 1. The molecule has 28 heavy (non-hydrogen) atoms. The van der Waals surface area contributed by atoms with Crippen LogP contribution in [0.5, 0.6) is 5.75 Å². The Labute approximate surface area is 160 Å². The van der Waals surface area contributed by atoms with Crippen molar-refractivity contribution in [3.05, 3.63) is 60.3 Å². The highest BCUT2D eigenvalue weighted by atomic mass is 16.5. The van der Waals surface area contributed by atoms with Crippen molar-refractivity contribution in [3.8, 4) is 17.2 Å². The molecule has 0 aliphatic carbocycles. The molecule has 4 rings (SSSR count). The zero-order valence-electron chi connectivity index (χ0n) is 15.2. The number of nitrogens with one attached hydrogen (secondary N) is 1. The lowest BCUT2D eigenvalue weighted by molar-refractivity contribution is -0.123. The fourth-order valence-electron chi connectivity index (χ4n) is 2.65. The topological polar surface area (TPSA) is 107 Å². The quantitative estimate of drug-likeness (QED) is 0.524. The Balaban J connectivity index is 1.45. The van der Waals surface area contributed by atoms with Crippen LogP contribution in [0.15, 0.2) is 53.2 Å². The number of para-hydroxylation sites is 1. The summed E-state index contributed by atoms with van der Waals surface area (Å²) in [5.41, 5.74) is 1.27. The largest absolute Gasteiger partial charge is 0.484 e. The Bertz CT molecular complexity index is 1090. The van der Waals surface area contributed by atoms with Crippen molar-refractivity contribution in [3.63, 3.8) is 0 Å². The van der Waals surface area contributed by atoms with Crippen LogP contribution < -0.4 is 10.1 Å². The van der Waals surface area contributed by atoms with E-state index in [0.717, 1.165) is 0 Å². The summed E-state index contributed by atoms with van der Waals surface area (Å²) in [6.07, 6.45) is 2.50. The van der Waals surface area contributed by atoms with Crippen LogP contribution in [0.2, 0.25) is 0 Å². The van der Waals surface area contributed by atoms with Gasteiger partial charge in [-0.25, -0.2) is 0 Å². The van der Waals surface area contributed by atoms with Crippen LogP contribution >= 0.6 is 0 Å². The first-order chi connectivity index (χ1) is 13.7. The molecule has 1 N–H and O–H groups in total. The molecular weight excluding hydrogens is 360 g/mol. The Kier molecular flexibility index (Phi) is 4.96. The highest BCUT2D eigenvalue weighted by Crippen LogP contribution is 2.22. The van der Waals surface area contributed by atoms with Crippen molar-refractivity contribution in [1.82, 2.24) is 30.1 Å². The number of carbonyl (C=O) groups is 1. The summed E-state index contributed by atoms with van der Waals surface area (Å²) in [6.45, 7) is 2.09. The molecule has 0 unspecified atom stereocenters. The van der Waals surface area contributed by atoms with Gasteiger partial charge in [-0.1, -0.05) is 30.3 Å². The molecule has 1 amide bonds. The average Bonchev–Trinajstić information content (AvgIpc) is 3.38. The predicted molar refractivity (Wildman–Crippen MR) is 99.4 cm³/mol. The normalized spacial score (nSPS) is 10.9. The van der Waals surface area contributed by atoms with Gasteiger partial charge in [0.05, 0.1) is 12.1 Å². The van der Waals surface area contributed by atoms with Gasteiger partial charge in [-0.2, -0.15) is 4.98 Å². The van der Waals surface area contributed by atoms with Crippen molar-refractivity contribution in [2.45, 2.75) is 19.9 Å². The number of aromatic nitrogens is 5. The number of fused-ring (bicyclic) bond motifs is 1. The average molecular weight is 378 g/mol. The number of pyridine rings is 1. The SMILES string of the molecule is CCc1noc(-c2cccn3c(CNC(=O)COc4ccccc4)nnc23)n1. The van der Waals surface area contributed by atoms with Crippen molar-refractivity contribution in [2.24, 2.45) is 0 Å². The third-order valence-electron chi connectivity index (χ3n) is 4.08. The molecular formula is C19H18N6O3. The van der Waals surface area contributed by atoms with Crippen LogP contribution in [-0.2, 0) is 17.8 Å². The van der Waals surface area contributed by atoms with E-state index in [1.807, 2.05) is 43.5 Å². The van der Waals surface area contributed by atoms with Gasteiger partial charge in [0.1, 0.15) is 5.75 Å². The number of nitrogens with zero attached hydrogens (tertiary/aromatic N) is 5. The van der Waals surface area contributed by atoms with Crippen molar-refractivity contribution in [1.29, 1.82) is 0 Å². The summed E-state index contributed by atoms with van der Waals surface area (Å²) in [6, 6.07) is 12.8. The van der Waals surface area contributed by atoms with E-state index in [4.69, 9.17) is 9.26 Å². The maximum Gasteiger partial charge on any atom is 0.261 e. The Hall–Kier alpha value is -3.75. The zero-order valence-corrected chi connectivity index (χ0v) is 15.2. The van der Waals surface area contributed by atoms with E-state index in [1.165, 1.54) is 0 Å². The molecule has 3 heterocycles. The lowest BCUT2D eigenvalue weighted by Gasteiger charge is -2.07. The second kappa shape index (κ2) is 7.87. The van der Waals surface area contributed by atoms with Crippen LogP contribution in [0.25, 0.3) is 17.1 Å². The van der Waals surface area contributed by atoms with Crippen LogP contribution in [0.1, 0.15) is 18.6 Å². The number of hydrogen-bond acceptors (Lipinski definition) is 7. The summed E-state index contributed by atoms with van der Waals surface area (Å²) >= 11 is 0. The molecule has 9 heteroatoms. The van der Waals surface area contributed by atoms with Gasteiger partial charge in [0.25, 0.3) is 11.8 Å². The van der Waals surface area contributed by atoms with E-state index in [2.05, 4.69) is 25.7 Å². The maximum absolute atomic E-state index is 12.0. The Morgan fingerprint density at radius 3 is 2.82 bits per heavy atom. The molecule has 9 nitrogen and oxygen atoms in total. The van der Waals surface area contributed by atoms with Gasteiger partial charge < -0.3 is 14.6 Å². The van der Waals surface area contributed by atoms with Crippen LogP contribution in [0.4, 0.5) is 0 Å². The van der Waals surface area contributed by atoms with E-state index in [1.54, 1.807) is 16.5 Å². The monoisotopic (exact) mass is 378 g/mol. The standard InChI is InChI=1S/C19H18N6O3/c1-2-15-21-19(28-24-15)14-9-6-10-25-16(22-23-18(14)25)11-20-17(26)12-27-13-7-4-3-5-8-13/h3-10H,2,11-12H2,1H3,(H,20,26). The highest BCUT2D eigenvalue weighted by molar-refractivity contribution is 5.77. The molecule has 0 radical (unpaired) electrons. The van der Waals surface area contributed by atoms with Crippen molar-refractivity contribution in [2.75, 3.05) is 6.61 Å². The van der Waals surface area contributed by atoms with Gasteiger partial charge in [0.15, 0.2) is 23.9 Å². The van der Waals surface area contributed by atoms with Gasteiger partial charge in [0.2, 0.25) is 0 Å². The number of ether oxygens (including phenoxy) is 1. The third kappa shape index (κ3) is 3.68. The number of benzene rings is 1. The predicted octanol–water partition coefficient (Wildman–Crippen LogP) is 2.04. The molecule has 0 fully saturated rings. The number of carbonyl (C=O) groups excluding carboxylic acids is 1. The first kappa shape index (κ1) is 17.7. The van der Waals surface area contributed by atoms with E-state index in [0.29, 0.717) is 40.9 Å². The minimum absolute atomic E-state index is 0.0756. The highest BCUT2D eigenvalue weighted by Gasteiger charge is 2.16. The Morgan fingerprint density at radius 1 is 1.18 bits per heavy atom. The number of amides is 1. The first-order valence-corrected chi connectivity index (χ1v) is 8.84. The summed E-state index contributed by atoms with van der Waals surface area (Å²) in [5.74, 6) is 1.99. The molecule has 3 aromatic heterocycles. The molecule has 142 valence electrons. The summed E-state index contributed by atoms with van der Waals surface area (Å²) < 4.78 is 12.5. The smallest absolute Gasteiger partial charge is 0.261 e. The second-order valence-electron chi connectivity index (χ2n) is 5.98. The van der Waals surface area contributed by atoms with E-state index < -0.39 is 0 Å². The summed E-state index contributed by atoms with van der Waals surface area (Å²) in [4.78, 5) is 16.4. The zero-order chi connectivity index (χ0) is 19.3. The molecule has 0 spiro atoms. The minimum atomic E-state index is -0.249. The van der Waals surface area contributed by atoms with Gasteiger partial charge in [-0.3, -0.25) is 9.20 Å². The van der Waals surface area contributed by atoms with Gasteiger partial charge in [0, 0.05) is 12.6 Å². The number of aryl methyl sites for hydroxylation is 1. The van der Waals surface area contributed by atoms with Gasteiger partial charge >= 0.3 is 0 Å². The van der Waals surface area contributed by atoms with E-state index >= 15 is 0 Å². The van der Waals surface area contributed by atoms with Crippen molar-refractivity contribution >= 4 is 11.6 Å². The van der Waals surface area contributed by atoms with Gasteiger partial charge in [-0.05, 0) is 24.3 Å². The lowest BCUT2D eigenvalue weighted by atomic mass is 10.2. The molecule has 0 saturated heterocycles. The van der Waals surface area contributed by atoms with Crippen LogP contribution in [0.3, 0.4) is 0 Å². The lowest BCUT2D eigenvalue weighted by Crippen LogP contribution is -2.29. The van der Waals surface area contributed by atoms with Gasteiger partial charge in [-0.15, -0.1) is 10.2 Å². The van der Waals surface area contributed by atoms with E-state index in [9.17, 15) is 4.79 Å². The fourth-order valence-corrected chi connectivity index (χ4v) is 2.65. The van der Waals surface area contributed by atoms with E-state index in [-0.39, 0.29) is 19.1 Å². The Morgan fingerprint density at radius 2 is 2.04 bits per heavy atom. The van der Waals surface area contributed by atoms with Crippen LogP contribution in [-0.4, -0.2) is 37.3 Å². The summed E-state index contributed by atoms with van der Waals surface area (Å²) in [5, 5.41) is 15.1. The molecule has 0 atom stereocenters. The van der Waals surface area contributed by atoms with Crippen molar-refractivity contribution < 1.29 is 14.1 Å².